The highest BCUT2D eigenvalue weighted by molar-refractivity contribution is 6.38. The maximum absolute atomic E-state index is 6.77. The van der Waals surface area contributed by atoms with Crippen molar-refractivity contribution < 1.29 is 8.83 Å². The maximum Gasteiger partial charge on any atom is 0.164 e. The summed E-state index contributed by atoms with van der Waals surface area (Å²) in [7, 11) is 0. The van der Waals surface area contributed by atoms with E-state index in [0.29, 0.717) is 22.5 Å². The van der Waals surface area contributed by atoms with Crippen LogP contribution >= 0.6 is 11.6 Å². The Morgan fingerprint density at radius 3 is 1.96 bits per heavy atom. The van der Waals surface area contributed by atoms with Crippen LogP contribution in [0.2, 0.25) is 5.02 Å². The van der Waals surface area contributed by atoms with E-state index >= 15 is 0 Å². The summed E-state index contributed by atoms with van der Waals surface area (Å²) >= 11 is 6.77. The Bertz CT molecular complexity index is 2890. The third kappa shape index (κ3) is 4.00. The molecule has 6 heteroatoms. The molecule has 10 aromatic rings. The molecule has 5 nitrogen and oxygen atoms in total. The fourth-order valence-corrected chi connectivity index (χ4v) is 7.09. The van der Waals surface area contributed by atoms with Gasteiger partial charge in [0.15, 0.2) is 17.5 Å². The zero-order chi connectivity index (χ0) is 31.1. The topological polar surface area (TPSA) is 65.0 Å². The van der Waals surface area contributed by atoms with E-state index in [2.05, 4.69) is 60.7 Å². The minimum absolute atomic E-state index is 0.558. The highest BCUT2D eigenvalue weighted by Crippen LogP contribution is 2.42. The summed E-state index contributed by atoms with van der Waals surface area (Å²) in [5, 5.41) is 8.60. The molecule has 0 bridgehead atoms. The van der Waals surface area contributed by atoms with Crippen molar-refractivity contribution in [2.45, 2.75) is 0 Å². The number of nitrogens with zero attached hydrogens (tertiary/aromatic N) is 3. The monoisotopic (exact) mass is 623 g/mol. The van der Waals surface area contributed by atoms with Crippen LogP contribution in [0.15, 0.2) is 142 Å². The van der Waals surface area contributed by atoms with Crippen molar-refractivity contribution in [3.8, 4) is 34.2 Å². The molecule has 0 N–H and O–H groups in total. The average molecular weight is 624 g/mol. The van der Waals surface area contributed by atoms with Gasteiger partial charge in [0.2, 0.25) is 0 Å². The van der Waals surface area contributed by atoms with Crippen molar-refractivity contribution in [1.82, 2.24) is 15.0 Å². The molecule has 7 aromatic carbocycles. The number of para-hydroxylation sites is 1. The molecule has 0 saturated carbocycles. The van der Waals surface area contributed by atoms with Gasteiger partial charge in [0.1, 0.15) is 22.3 Å². The molecule has 0 amide bonds. The van der Waals surface area contributed by atoms with E-state index in [-0.39, 0.29) is 0 Å². The molecule has 0 aliphatic heterocycles. The van der Waals surface area contributed by atoms with Gasteiger partial charge in [-0.2, -0.15) is 0 Å². The van der Waals surface area contributed by atoms with E-state index in [1.54, 1.807) is 0 Å². The first-order valence-corrected chi connectivity index (χ1v) is 15.8. The minimum Gasteiger partial charge on any atom is -0.456 e. The van der Waals surface area contributed by atoms with Crippen LogP contribution in [0.25, 0.3) is 99.6 Å². The second kappa shape index (κ2) is 9.98. The van der Waals surface area contributed by atoms with Gasteiger partial charge in [0.05, 0.1) is 5.02 Å². The van der Waals surface area contributed by atoms with Gasteiger partial charge in [-0.1, -0.05) is 109 Å². The summed E-state index contributed by atoms with van der Waals surface area (Å²) < 4.78 is 12.6. The molecule has 10 rings (SSSR count). The Balaban J connectivity index is 1.31. The maximum atomic E-state index is 6.77. The van der Waals surface area contributed by atoms with Gasteiger partial charge in [-0.05, 0) is 52.6 Å². The lowest BCUT2D eigenvalue weighted by Crippen LogP contribution is -2.01. The Kier molecular flexibility index (Phi) is 5.56. The molecule has 3 aromatic heterocycles. The van der Waals surface area contributed by atoms with Gasteiger partial charge < -0.3 is 8.83 Å². The lowest BCUT2D eigenvalue weighted by molar-refractivity contribution is 0.669. The predicted octanol–water partition coefficient (Wildman–Crippen LogP) is 11.6. The third-order valence-electron chi connectivity index (χ3n) is 8.98. The average Bonchev–Trinajstić information content (AvgIpc) is 3.70. The number of hydrogen-bond acceptors (Lipinski definition) is 5. The van der Waals surface area contributed by atoms with E-state index in [9.17, 15) is 0 Å². The van der Waals surface area contributed by atoms with Crippen LogP contribution in [-0.4, -0.2) is 15.0 Å². The number of hydrogen-bond donors (Lipinski definition) is 0. The van der Waals surface area contributed by atoms with E-state index in [4.69, 9.17) is 35.4 Å². The summed E-state index contributed by atoms with van der Waals surface area (Å²) in [4.78, 5) is 15.5. The molecule has 0 fully saturated rings. The summed E-state index contributed by atoms with van der Waals surface area (Å²) in [6.45, 7) is 0. The standard InChI is InChI=1S/C41H22ClN3O2/c42-32-15-8-18-35-37(32)31-22-30(26-11-3-4-12-27(26)38(31)47-35)41-44-39(25-20-19-23-9-1-2-10-24(23)21-25)43-40(45-41)29-14-7-17-34-36(29)28-13-5-6-16-33(28)46-34/h1-22H. The molecule has 47 heavy (non-hydrogen) atoms. The number of aromatic nitrogens is 3. The van der Waals surface area contributed by atoms with Gasteiger partial charge in [-0.25, -0.2) is 15.0 Å². The predicted molar refractivity (Wildman–Crippen MR) is 191 cm³/mol. The molecule has 0 aliphatic rings. The van der Waals surface area contributed by atoms with Crippen molar-refractivity contribution in [3.05, 3.63) is 138 Å². The van der Waals surface area contributed by atoms with Crippen molar-refractivity contribution in [1.29, 1.82) is 0 Å². The van der Waals surface area contributed by atoms with E-state index in [0.717, 1.165) is 82.1 Å². The van der Waals surface area contributed by atoms with Crippen molar-refractivity contribution in [2.75, 3.05) is 0 Å². The Labute approximate surface area is 272 Å². The van der Waals surface area contributed by atoms with E-state index in [1.165, 1.54) is 0 Å². The molecule has 0 atom stereocenters. The molecule has 220 valence electrons. The lowest BCUT2D eigenvalue weighted by atomic mass is 9.99. The van der Waals surface area contributed by atoms with Crippen LogP contribution in [0, 0.1) is 0 Å². The third-order valence-corrected chi connectivity index (χ3v) is 9.29. The summed E-state index contributed by atoms with van der Waals surface area (Å²) in [6.07, 6.45) is 0. The van der Waals surface area contributed by atoms with Crippen molar-refractivity contribution in [2.24, 2.45) is 0 Å². The van der Waals surface area contributed by atoms with Crippen molar-refractivity contribution >= 4 is 77.0 Å². The molecule has 0 unspecified atom stereocenters. The molecular weight excluding hydrogens is 602 g/mol. The number of rotatable bonds is 3. The molecular formula is C41H22ClN3O2. The van der Waals surface area contributed by atoms with Gasteiger partial charge in [-0.3, -0.25) is 0 Å². The number of benzene rings is 7. The van der Waals surface area contributed by atoms with Crippen LogP contribution in [0.5, 0.6) is 0 Å². The Morgan fingerprint density at radius 2 is 1.09 bits per heavy atom. The first-order valence-electron chi connectivity index (χ1n) is 15.4. The van der Waals surface area contributed by atoms with Crippen LogP contribution in [0.3, 0.4) is 0 Å². The van der Waals surface area contributed by atoms with Gasteiger partial charge in [-0.15, -0.1) is 0 Å². The molecule has 0 saturated heterocycles. The Morgan fingerprint density at radius 1 is 0.426 bits per heavy atom. The number of fused-ring (bicyclic) bond motifs is 9. The molecule has 3 heterocycles. The van der Waals surface area contributed by atoms with Crippen LogP contribution in [0.4, 0.5) is 0 Å². The second-order valence-electron chi connectivity index (χ2n) is 11.7. The van der Waals surface area contributed by atoms with E-state index in [1.807, 2.05) is 72.8 Å². The Hall–Kier alpha value is -6.04. The number of furan rings is 2. The minimum atomic E-state index is 0.558. The van der Waals surface area contributed by atoms with E-state index < -0.39 is 0 Å². The molecule has 0 spiro atoms. The van der Waals surface area contributed by atoms with Gasteiger partial charge >= 0.3 is 0 Å². The lowest BCUT2D eigenvalue weighted by Gasteiger charge is -2.12. The fraction of sp³-hybridized carbons (Fsp3) is 0. The SMILES string of the molecule is Clc1cccc2oc3c4ccccc4c(-c4nc(-c5ccc6ccccc6c5)nc(-c5cccc6oc7ccccc7c56)n4)cc3c12. The first kappa shape index (κ1) is 26.2. The summed E-state index contributed by atoms with van der Waals surface area (Å²) in [5.41, 5.74) is 5.77. The fourth-order valence-electron chi connectivity index (χ4n) is 6.83. The normalized spacial score (nSPS) is 11.9. The smallest absolute Gasteiger partial charge is 0.164 e. The van der Waals surface area contributed by atoms with Gasteiger partial charge in [0.25, 0.3) is 0 Å². The molecule has 0 radical (unpaired) electrons. The van der Waals surface area contributed by atoms with Gasteiger partial charge in [0, 0.05) is 43.6 Å². The highest BCUT2D eigenvalue weighted by Gasteiger charge is 2.21. The molecule has 0 aliphatic carbocycles. The van der Waals surface area contributed by atoms with Crippen molar-refractivity contribution in [3.63, 3.8) is 0 Å². The number of halogens is 1. The zero-order valence-corrected chi connectivity index (χ0v) is 25.5. The summed E-state index contributed by atoms with van der Waals surface area (Å²) in [6, 6.07) is 44.8. The largest absolute Gasteiger partial charge is 0.456 e. The first-order chi connectivity index (χ1) is 23.2. The highest BCUT2D eigenvalue weighted by atomic mass is 35.5. The quantitative estimate of drug-likeness (QED) is 0.196. The summed E-state index contributed by atoms with van der Waals surface area (Å²) in [5.74, 6) is 1.71. The van der Waals surface area contributed by atoms with Crippen LogP contribution in [0.1, 0.15) is 0 Å². The van der Waals surface area contributed by atoms with Crippen LogP contribution < -0.4 is 0 Å². The second-order valence-corrected chi connectivity index (χ2v) is 12.1. The van der Waals surface area contributed by atoms with Crippen LogP contribution in [-0.2, 0) is 0 Å². The zero-order valence-electron chi connectivity index (χ0n) is 24.7.